The minimum atomic E-state index is -2.82. The third-order valence-electron chi connectivity index (χ3n) is 9.61. The van der Waals surface area contributed by atoms with Gasteiger partial charge >= 0.3 is 8.80 Å². The highest BCUT2D eigenvalue weighted by Gasteiger charge is 2.40. The molecule has 0 bridgehead atoms. The number of ether oxygens (including phenoxy) is 1. The minimum Gasteiger partial charge on any atom is -0.376 e. The summed E-state index contributed by atoms with van der Waals surface area (Å²) in [6.45, 7) is 9.22. The first-order valence-electron chi connectivity index (χ1n) is 21.7. The van der Waals surface area contributed by atoms with Gasteiger partial charge in [-0.2, -0.15) is 0 Å². The zero-order valence-electron chi connectivity index (χ0n) is 33.6. The Morgan fingerprint density at radius 3 is 1.00 bits per heavy atom. The van der Waals surface area contributed by atoms with Gasteiger partial charge in [-0.05, 0) is 25.7 Å². The highest BCUT2D eigenvalue weighted by molar-refractivity contribution is 8.13. The van der Waals surface area contributed by atoms with Crippen LogP contribution in [0.25, 0.3) is 0 Å². The molecule has 0 N–H and O–H groups in total. The lowest BCUT2D eigenvalue weighted by Crippen LogP contribution is -2.46. The number of hydrogen-bond acceptors (Lipinski definition) is 6. The van der Waals surface area contributed by atoms with Crippen molar-refractivity contribution in [2.75, 3.05) is 39.3 Å². The summed E-state index contributed by atoms with van der Waals surface area (Å²) in [4.78, 5) is 12.1. The summed E-state index contributed by atoms with van der Waals surface area (Å²) in [6, 6.07) is 0.799. The average Bonchev–Trinajstić information content (AvgIpc) is 3.10. The number of rotatable bonds is 42. The van der Waals surface area contributed by atoms with Gasteiger partial charge in [-0.15, -0.1) is 0 Å². The fourth-order valence-corrected chi connectivity index (χ4v) is 10.1. The summed E-state index contributed by atoms with van der Waals surface area (Å²) in [7, 11) is -1.24. The number of unbranched alkanes of at least 4 members (excludes halogenated alkanes) is 27. The lowest BCUT2D eigenvalue weighted by atomic mass is 10.1. The molecule has 0 radical (unpaired) electrons. The minimum absolute atomic E-state index is 0.0959. The molecule has 0 aromatic carbocycles. The van der Waals surface area contributed by atoms with Crippen molar-refractivity contribution in [1.82, 2.24) is 0 Å². The molecule has 0 atom stereocenters. The maximum Gasteiger partial charge on any atom is 0.500 e. The van der Waals surface area contributed by atoms with E-state index < -0.39 is 8.80 Å². The monoisotopic (exact) mass is 731 g/mol. The van der Waals surface area contributed by atoms with Crippen LogP contribution in [0.15, 0.2) is 0 Å². The van der Waals surface area contributed by atoms with Gasteiger partial charge in [0.15, 0.2) is 0 Å². The molecule has 0 unspecified atom stereocenters. The molecule has 7 heteroatoms. The van der Waals surface area contributed by atoms with Gasteiger partial charge in [0.2, 0.25) is 5.12 Å². The van der Waals surface area contributed by atoms with Crippen LogP contribution in [0.1, 0.15) is 220 Å². The molecule has 0 aromatic heterocycles. The van der Waals surface area contributed by atoms with Crippen molar-refractivity contribution < 1.29 is 22.8 Å². The molecule has 0 aliphatic rings. The Bertz CT molecular complexity index is 588. The molecule has 0 saturated heterocycles. The Kier molecular flexibility index (Phi) is 40.9. The second kappa shape index (κ2) is 40.8. The Morgan fingerprint density at radius 1 is 0.429 bits per heavy atom. The quantitative estimate of drug-likeness (QED) is 0.0460. The van der Waals surface area contributed by atoms with Crippen LogP contribution in [0.3, 0.4) is 0 Å². The number of carbonyl (C=O) groups is 1. The van der Waals surface area contributed by atoms with Gasteiger partial charge < -0.3 is 18.0 Å². The number of thioether (sulfide) groups is 1. The Labute approximate surface area is 312 Å². The fourth-order valence-electron chi connectivity index (χ4n) is 6.43. The highest BCUT2D eigenvalue weighted by atomic mass is 32.2. The number of carbonyl (C=O) groups excluding carboxylic acids is 1. The predicted molar refractivity (Wildman–Crippen MR) is 218 cm³/mol. The van der Waals surface area contributed by atoms with Crippen LogP contribution in [-0.2, 0) is 22.8 Å². The van der Waals surface area contributed by atoms with Crippen LogP contribution < -0.4 is 0 Å². The van der Waals surface area contributed by atoms with Crippen LogP contribution >= 0.6 is 11.8 Å². The van der Waals surface area contributed by atoms with E-state index in [1.807, 2.05) is 0 Å². The van der Waals surface area contributed by atoms with E-state index in [4.69, 9.17) is 18.0 Å². The molecule has 0 fully saturated rings. The molecule has 5 nitrogen and oxygen atoms in total. The van der Waals surface area contributed by atoms with E-state index in [1.54, 1.807) is 7.11 Å². The molecule has 0 amide bonds. The van der Waals surface area contributed by atoms with E-state index in [-0.39, 0.29) is 11.7 Å². The van der Waals surface area contributed by atoms with Gasteiger partial charge in [0, 0.05) is 38.7 Å². The normalized spacial score (nSPS) is 11.9. The maximum atomic E-state index is 12.1. The molecule has 0 spiro atoms. The summed E-state index contributed by atoms with van der Waals surface area (Å²) >= 11 is 1.37. The van der Waals surface area contributed by atoms with E-state index in [0.29, 0.717) is 0 Å². The van der Waals surface area contributed by atoms with Crippen molar-refractivity contribution in [2.45, 2.75) is 226 Å². The zero-order chi connectivity index (χ0) is 35.8. The molecule has 49 heavy (non-hydrogen) atoms. The van der Waals surface area contributed by atoms with Crippen molar-refractivity contribution in [1.29, 1.82) is 0 Å². The first-order chi connectivity index (χ1) is 24.1. The molecule has 0 aromatic rings. The molecular formula is C42H86O5SSi. The first kappa shape index (κ1) is 49.1. The topological polar surface area (TPSA) is 54.0 Å². The van der Waals surface area contributed by atoms with Gasteiger partial charge in [-0.1, -0.05) is 206 Å². The molecule has 0 aliphatic heterocycles. The van der Waals surface area contributed by atoms with E-state index >= 15 is 0 Å². The summed E-state index contributed by atoms with van der Waals surface area (Å²) in [5, 5.41) is 0.0959. The van der Waals surface area contributed by atoms with E-state index in [1.165, 1.54) is 185 Å². The molecule has 0 saturated carbocycles. The van der Waals surface area contributed by atoms with Crippen LogP contribution in [0.2, 0.25) is 6.04 Å². The fraction of sp³-hybridized carbons (Fsp3) is 0.976. The van der Waals surface area contributed by atoms with Gasteiger partial charge in [0.05, 0.1) is 0 Å². The van der Waals surface area contributed by atoms with E-state index in [9.17, 15) is 4.79 Å². The average molecular weight is 731 g/mol. The summed E-state index contributed by atoms with van der Waals surface area (Å²) in [6.07, 6.45) is 40.4. The van der Waals surface area contributed by atoms with Crippen molar-refractivity contribution in [3.8, 4) is 0 Å². The third-order valence-corrected chi connectivity index (χ3v) is 13.4. The zero-order valence-corrected chi connectivity index (χ0v) is 35.4. The van der Waals surface area contributed by atoms with E-state index in [2.05, 4.69) is 20.8 Å². The van der Waals surface area contributed by atoms with E-state index in [0.717, 1.165) is 57.3 Å². The van der Waals surface area contributed by atoms with Crippen molar-refractivity contribution in [3.05, 3.63) is 0 Å². The molecular weight excluding hydrogens is 645 g/mol. The predicted octanol–water partition coefficient (Wildman–Crippen LogP) is 14.0. The molecule has 0 aliphatic carbocycles. The summed E-state index contributed by atoms with van der Waals surface area (Å²) in [5.74, 6) is 0.766. The van der Waals surface area contributed by atoms with Gasteiger partial charge in [-0.3, -0.25) is 4.79 Å². The van der Waals surface area contributed by atoms with Crippen molar-refractivity contribution >= 4 is 25.7 Å². The van der Waals surface area contributed by atoms with Crippen molar-refractivity contribution in [2.24, 2.45) is 0 Å². The number of hydrogen-bond donors (Lipinski definition) is 0. The van der Waals surface area contributed by atoms with Crippen LogP contribution in [0.4, 0.5) is 0 Å². The first-order valence-corrected chi connectivity index (χ1v) is 24.6. The highest BCUT2D eigenvalue weighted by Crippen LogP contribution is 2.23. The smallest absolute Gasteiger partial charge is 0.376 e. The Balaban J connectivity index is 4.87. The van der Waals surface area contributed by atoms with Crippen LogP contribution in [0, 0.1) is 0 Å². The number of methoxy groups -OCH3 is 1. The second-order valence-electron chi connectivity index (χ2n) is 14.5. The summed E-state index contributed by atoms with van der Waals surface area (Å²) in [5.41, 5.74) is 0. The standard InChI is InChI=1S/C42H86O5SSi/c1-5-8-11-14-17-20-23-26-29-32-36-45-49(40-35-39-48-42(43)41-44-4,46-37-33-30-27-24-21-18-15-12-9-6-2)47-38-34-31-28-25-22-19-16-13-10-7-3/h5-41H2,1-4H3. The van der Waals surface area contributed by atoms with Gasteiger partial charge in [0.1, 0.15) is 6.61 Å². The lowest BCUT2D eigenvalue weighted by molar-refractivity contribution is -0.114. The SMILES string of the molecule is CCCCCCCCCCCCO[Si](CCCSC(=O)COC)(OCCCCCCCCCCCC)OCCCCCCCCCCCC. The Morgan fingerprint density at radius 2 is 0.714 bits per heavy atom. The third kappa shape index (κ3) is 36.2. The lowest BCUT2D eigenvalue weighted by Gasteiger charge is -2.30. The summed E-state index contributed by atoms with van der Waals surface area (Å²) < 4.78 is 25.2. The second-order valence-corrected chi connectivity index (χ2v) is 18.4. The largest absolute Gasteiger partial charge is 0.500 e. The van der Waals surface area contributed by atoms with Crippen molar-refractivity contribution in [3.63, 3.8) is 0 Å². The van der Waals surface area contributed by atoms with Crippen LogP contribution in [0.5, 0.6) is 0 Å². The van der Waals surface area contributed by atoms with Crippen LogP contribution in [-0.4, -0.2) is 53.2 Å². The molecule has 0 rings (SSSR count). The molecule has 0 heterocycles. The van der Waals surface area contributed by atoms with Gasteiger partial charge in [-0.25, -0.2) is 0 Å². The maximum absolute atomic E-state index is 12.1. The molecule has 294 valence electrons. The Hall–Kier alpha value is 0.0769. The van der Waals surface area contributed by atoms with Gasteiger partial charge in [0.25, 0.3) is 0 Å².